The van der Waals surface area contributed by atoms with Gasteiger partial charge in [0.05, 0.1) is 53.8 Å². The number of esters is 2. The zero-order valence-corrected chi connectivity index (χ0v) is 27.5. The van der Waals surface area contributed by atoms with Gasteiger partial charge < -0.3 is 23.7 Å². The van der Waals surface area contributed by atoms with Crippen LogP contribution in [-0.2, 0) is 19.1 Å². The predicted molar refractivity (Wildman–Crippen MR) is 164 cm³/mol. The van der Waals surface area contributed by atoms with Crippen molar-refractivity contribution in [3.63, 3.8) is 0 Å². The molecular formula is C29H28Br2N2O8S. The highest BCUT2D eigenvalue weighted by Gasteiger charge is 2.34. The van der Waals surface area contributed by atoms with Crippen LogP contribution in [0.25, 0.3) is 6.08 Å². The van der Waals surface area contributed by atoms with Gasteiger partial charge in [0.15, 0.2) is 22.9 Å². The van der Waals surface area contributed by atoms with Crippen molar-refractivity contribution >= 4 is 61.2 Å². The van der Waals surface area contributed by atoms with Crippen LogP contribution in [0.15, 0.2) is 60.3 Å². The molecule has 1 aliphatic heterocycles. The molecule has 0 radical (unpaired) electrons. The first-order valence-electron chi connectivity index (χ1n) is 12.8. The maximum absolute atomic E-state index is 14.0. The molecule has 222 valence electrons. The quantitative estimate of drug-likeness (QED) is 0.285. The first-order chi connectivity index (χ1) is 20.1. The third kappa shape index (κ3) is 6.47. The minimum Gasteiger partial charge on any atom is -0.495 e. The lowest BCUT2D eigenvalue weighted by Gasteiger charge is -2.25. The van der Waals surface area contributed by atoms with Crippen molar-refractivity contribution in [2.45, 2.75) is 26.8 Å². The third-order valence-corrected chi connectivity index (χ3v) is 8.23. The minimum absolute atomic E-state index is 0.148. The lowest BCUT2D eigenvalue weighted by atomic mass is 9.95. The number of benzene rings is 2. The van der Waals surface area contributed by atoms with E-state index in [-0.39, 0.29) is 24.3 Å². The number of hydrogen-bond donors (Lipinski definition) is 0. The van der Waals surface area contributed by atoms with E-state index in [9.17, 15) is 14.4 Å². The highest BCUT2D eigenvalue weighted by molar-refractivity contribution is 9.11. The van der Waals surface area contributed by atoms with Crippen LogP contribution in [0, 0.1) is 0 Å². The molecule has 0 saturated carbocycles. The van der Waals surface area contributed by atoms with Gasteiger partial charge in [0.1, 0.15) is 5.75 Å². The van der Waals surface area contributed by atoms with Crippen molar-refractivity contribution in [2.24, 2.45) is 4.99 Å². The highest BCUT2D eigenvalue weighted by atomic mass is 79.9. The summed E-state index contributed by atoms with van der Waals surface area (Å²) in [5, 5.41) is 0. The Kier molecular flexibility index (Phi) is 10.3. The summed E-state index contributed by atoms with van der Waals surface area (Å²) in [5.74, 6) is 0.0742. The van der Waals surface area contributed by atoms with E-state index in [1.807, 2.05) is 19.1 Å². The van der Waals surface area contributed by atoms with Gasteiger partial charge in [0.25, 0.3) is 5.56 Å². The normalized spacial score (nSPS) is 14.6. The number of allylic oxidation sites excluding steroid dienone is 1. The molecule has 0 N–H and O–H groups in total. The van der Waals surface area contributed by atoms with E-state index >= 15 is 0 Å². The summed E-state index contributed by atoms with van der Waals surface area (Å²) in [4.78, 5) is 44.0. The Hall–Kier alpha value is -3.42. The smallest absolute Gasteiger partial charge is 0.343 e. The molecule has 2 heterocycles. The number of methoxy groups -OCH3 is 2. The molecule has 0 aliphatic carbocycles. The first-order valence-corrected chi connectivity index (χ1v) is 15.2. The van der Waals surface area contributed by atoms with Crippen LogP contribution in [0.4, 0.5) is 0 Å². The van der Waals surface area contributed by atoms with Gasteiger partial charge in [-0.1, -0.05) is 33.3 Å². The third-order valence-electron chi connectivity index (χ3n) is 6.20. The summed E-state index contributed by atoms with van der Waals surface area (Å²) in [7, 11) is 2.82. The van der Waals surface area contributed by atoms with Crippen LogP contribution in [0.3, 0.4) is 0 Å². The van der Waals surface area contributed by atoms with Gasteiger partial charge in [-0.2, -0.15) is 0 Å². The fourth-order valence-electron chi connectivity index (χ4n) is 4.43. The Labute approximate surface area is 262 Å². The van der Waals surface area contributed by atoms with E-state index in [0.717, 1.165) is 8.95 Å². The summed E-state index contributed by atoms with van der Waals surface area (Å²) in [5.41, 5.74) is 1.55. The molecular weight excluding hydrogens is 696 g/mol. The van der Waals surface area contributed by atoms with Crippen LogP contribution in [0.1, 0.15) is 37.9 Å². The summed E-state index contributed by atoms with van der Waals surface area (Å²) in [6, 6.07) is 7.85. The van der Waals surface area contributed by atoms with Crippen molar-refractivity contribution in [1.82, 2.24) is 4.57 Å². The van der Waals surface area contributed by atoms with E-state index < -0.39 is 18.0 Å². The Balaban J connectivity index is 1.94. The Morgan fingerprint density at radius 1 is 1.07 bits per heavy atom. The van der Waals surface area contributed by atoms with Gasteiger partial charge in [-0.15, -0.1) is 0 Å². The number of carbonyl (C=O) groups excluding carboxylic acids is 2. The van der Waals surface area contributed by atoms with Crippen LogP contribution in [0.5, 0.6) is 17.2 Å². The molecule has 1 atom stereocenters. The van der Waals surface area contributed by atoms with Gasteiger partial charge in [-0.05, 0) is 72.6 Å². The summed E-state index contributed by atoms with van der Waals surface area (Å²) in [6.07, 6.45) is 1.73. The maximum Gasteiger partial charge on any atom is 0.343 e. The number of thiazole rings is 1. The molecule has 3 aromatic rings. The molecule has 0 fully saturated rings. The van der Waals surface area contributed by atoms with Crippen molar-refractivity contribution in [1.29, 1.82) is 0 Å². The maximum atomic E-state index is 14.0. The number of ether oxygens (including phenoxy) is 5. The number of halogens is 2. The van der Waals surface area contributed by atoms with Gasteiger partial charge >= 0.3 is 11.9 Å². The van der Waals surface area contributed by atoms with Crippen LogP contribution in [0.2, 0.25) is 0 Å². The van der Waals surface area contributed by atoms with Crippen LogP contribution >= 0.6 is 43.2 Å². The Bertz CT molecular complexity index is 1740. The first kappa shape index (κ1) is 31.5. The van der Waals surface area contributed by atoms with E-state index in [1.54, 1.807) is 45.2 Å². The Morgan fingerprint density at radius 2 is 1.83 bits per heavy atom. The molecule has 0 unspecified atom stereocenters. The van der Waals surface area contributed by atoms with E-state index in [0.29, 0.717) is 50.0 Å². The predicted octanol–water partition coefficient (Wildman–Crippen LogP) is 4.28. The Morgan fingerprint density at radius 3 is 2.50 bits per heavy atom. The fourth-order valence-corrected chi connectivity index (χ4v) is 6.89. The molecule has 2 aromatic carbocycles. The topological polar surface area (TPSA) is 115 Å². The summed E-state index contributed by atoms with van der Waals surface area (Å²) in [6.45, 7) is 5.37. The SMILES string of the molecule is CCOC(=O)C1=C(C)N=c2s/c(=C/c3cc(Br)cc(Br)c3OC)c(=O)n2[C@@H]1c1ccc(OCC(=O)OC)c(OCC)c1. The molecule has 13 heteroatoms. The molecule has 0 amide bonds. The monoisotopic (exact) mass is 722 g/mol. The molecule has 1 aromatic heterocycles. The average molecular weight is 724 g/mol. The number of fused-ring (bicyclic) bond motifs is 1. The van der Waals surface area contributed by atoms with Crippen LogP contribution < -0.4 is 29.1 Å². The summed E-state index contributed by atoms with van der Waals surface area (Å²) < 4.78 is 30.4. The second-order valence-electron chi connectivity index (χ2n) is 8.82. The lowest BCUT2D eigenvalue weighted by molar-refractivity contribution is -0.143. The number of carbonyl (C=O) groups is 2. The molecule has 42 heavy (non-hydrogen) atoms. The number of hydrogen-bond acceptors (Lipinski definition) is 10. The van der Waals surface area contributed by atoms with Gasteiger partial charge in [0, 0.05) is 10.0 Å². The molecule has 0 bridgehead atoms. The highest BCUT2D eigenvalue weighted by Crippen LogP contribution is 2.37. The summed E-state index contributed by atoms with van der Waals surface area (Å²) >= 11 is 8.19. The number of rotatable bonds is 10. The largest absolute Gasteiger partial charge is 0.495 e. The number of aromatic nitrogens is 1. The molecule has 1 aliphatic rings. The van der Waals surface area contributed by atoms with Gasteiger partial charge in [0.2, 0.25) is 0 Å². The second kappa shape index (κ2) is 13.7. The van der Waals surface area contributed by atoms with Crippen molar-refractivity contribution in [2.75, 3.05) is 34.0 Å². The zero-order chi connectivity index (χ0) is 30.6. The average Bonchev–Trinajstić information content (AvgIpc) is 3.25. The van der Waals surface area contributed by atoms with Crippen LogP contribution in [-0.4, -0.2) is 50.5 Å². The van der Waals surface area contributed by atoms with Crippen molar-refractivity contribution in [3.8, 4) is 17.2 Å². The fraction of sp³-hybridized carbons (Fsp3) is 0.310. The van der Waals surface area contributed by atoms with Crippen molar-refractivity contribution in [3.05, 3.63) is 81.4 Å². The number of nitrogens with zero attached hydrogens (tertiary/aromatic N) is 2. The van der Waals surface area contributed by atoms with E-state index in [4.69, 9.17) is 18.9 Å². The molecule has 4 rings (SSSR count). The second-order valence-corrected chi connectivity index (χ2v) is 11.6. The standard InChI is InChI=1S/C29H28Br2N2O8S/c1-6-39-21-11-16(8-9-20(21)41-14-23(34)37-4)25-24(28(36)40-7-2)15(3)32-29-33(25)27(35)22(42-29)12-17-10-18(30)13-19(31)26(17)38-5/h8-13,25H,6-7,14H2,1-5H3/b22-12+/t25-/m1/s1. The van der Waals surface area contributed by atoms with Gasteiger partial charge in [-0.3, -0.25) is 9.36 Å². The van der Waals surface area contributed by atoms with E-state index in [1.165, 1.54) is 23.0 Å². The van der Waals surface area contributed by atoms with E-state index in [2.05, 4.69) is 41.6 Å². The molecule has 10 nitrogen and oxygen atoms in total. The molecule has 0 spiro atoms. The van der Waals surface area contributed by atoms with Gasteiger partial charge in [-0.25, -0.2) is 14.6 Å². The zero-order valence-electron chi connectivity index (χ0n) is 23.5. The molecule has 0 saturated heterocycles. The van der Waals surface area contributed by atoms with Crippen molar-refractivity contribution < 1.29 is 33.3 Å². The lowest BCUT2D eigenvalue weighted by Crippen LogP contribution is -2.40. The minimum atomic E-state index is -0.868.